The maximum atomic E-state index is 12.6. The topological polar surface area (TPSA) is 53.5 Å². The molecule has 4 nitrogen and oxygen atoms in total. The first-order chi connectivity index (χ1) is 9.27. The van der Waals surface area contributed by atoms with Crippen LogP contribution >= 0.6 is 11.6 Å². The Bertz CT molecular complexity index is 572. The molecule has 20 heavy (non-hydrogen) atoms. The van der Waals surface area contributed by atoms with Gasteiger partial charge in [-0.05, 0) is 25.1 Å². The van der Waals surface area contributed by atoms with E-state index in [2.05, 4.69) is 15.6 Å². The van der Waals surface area contributed by atoms with E-state index in [0.717, 1.165) is 18.2 Å². The molecule has 2 rings (SSSR count). The fourth-order valence-corrected chi connectivity index (χ4v) is 1.83. The van der Waals surface area contributed by atoms with Gasteiger partial charge < -0.3 is 10.6 Å². The van der Waals surface area contributed by atoms with Crippen LogP contribution < -0.4 is 10.6 Å². The van der Waals surface area contributed by atoms with Crippen LogP contribution in [0.5, 0.6) is 0 Å². The lowest BCUT2D eigenvalue weighted by atomic mass is 10.2. The summed E-state index contributed by atoms with van der Waals surface area (Å²) in [7, 11) is 0. The van der Waals surface area contributed by atoms with Crippen LogP contribution in [0.3, 0.4) is 0 Å². The van der Waals surface area contributed by atoms with E-state index in [1.807, 2.05) is 6.92 Å². The molecule has 0 aromatic heterocycles. The molecule has 2 N–H and O–H groups in total. The Morgan fingerprint density at radius 2 is 2.20 bits per heavy atom. The number of halogens is 4. The SMILES string of the molecule is CC1CN=C(C(=O)Nc2cc(C(F)(F)F)ccc2Cl)N1. The molecule has 1 heterocycles. The summed E-state index contributed by atoms with van der Waals surface area (Å²) >= 11 is 5.78. The van der Waals surface area contributed by atoms with Crippen molar-refractivity contribution in [2.45, 2.75) is 19.1 Å². The Balaban J connectivity index is 2.19. The summed E-state index contributed by atoms with van der Waals surface area (Å²) in [5.74, 6) is -0.526. The fourth-order valence-electron chi connectivity index (χ4n) is 1.67. The number of anilines is 1. The Labute approximate surface area is 118 Å². The van der Waals surface area contributed by atoms with Crippen LogP contribution in [0.25, 0.3) is 0 Å². The molecule has 1 unspecified atom stereocenters. The van der Waals surface area contributed by atoms with Gasteiger partial charge in [-0.3, -0.25) is 9.79 Å². The number of benzene rings is 1. The van der Waals surface area contributed by atoms with Crippen LogP contribution in [0.15, 0.2) is 23.2 Å². The maximum absolute atomic E-state index is 12.6. The molecule has 1 aliphatic heterocycles. The fraction of sp³-hybridized carbons (Fsp3) is 0.333. The van der Waals surface area contributed by atoms with Crippen LogP contribution in [0.2, 0.25) is 5.02 Å². The van der Waals surface area contributed by atoms with E-state index in [-0.39, 0.29) is 22.6 Å². The van der Waals surface area contributed by atoms with E-state index in [1.165, 1.54) is 0 Å². The van der Waals surface area contributed by atoms with Gasteiger partial charge in [-0.1, -0.05) is 11.6 Å². The molecular formula is C12H11ClF3N3O. The number of nitrogens with one attached hydrogen (secondary N) is 2. The molecule has 1 aromatic rings. The average molecular weight is 306 g/mol. The van der Waals surface area contributed by atoms with Gasteiger partial charge in [-0.25, -0.2) is 0 Å². The molecule has 1 aromatic carbocycles. The number of hydrogen-bond acceptors (Lipinski definition) is 3. The quantitative estimate of drug-likeness (QED) is 0.882. The molecule has 1 amide bonds. The molecule has 0 saturated heterocycles. The summed E-state index contributed by atoms with van der Waals surface area (Å²) in [5, 5.41) is 5.16. The zero-order valence-corrected chi connectivity index (χ0v) is 11.1. The lowest BCUT2D eigenvalue weighted by Crippen LogP contribution is -2.36. The molecular weight excluding hydrogens is 295 g/mol. The minimum absolute atomic E-state index is 0.0210. The van der Waals surface area contributed by atoms with Gasteiger partial charge in [0.2, 0.25) is 0 Å². The molecule has 0 radical (unpaired) electrons. The number of carbonyl (C=O) groups is 1. The maximum Gasteiger partial charge on any atom is 0.416 e. The normalized spacial score (nSPS) is 18.4. The molecule has 0 spiro atoms. The third-order valence-electron chi connectivity index (χ3n) is 2.66. The van der Waals surface area contributed by atoms with Gasteiger partial charge in [0.1, 0.15) is 0 Å². The largest absolute Gasteiger partial charge is 0.416 e. The van der Waals surface area contributed by atoms with Crippen molar-refractivity contribution in [1.82, 2.24) is 5.32 Å². The van der Waals surface area contributed by atoms with Crippen molar-refractivity contribution >= 4 is 29.0 Å². The van der Waals surface area contributed by atoms with Gasteiger partial charge in [0.15, 0.2) is 5.84 Å². The zero-order chi connectivity index (χ0) is 14.9. The molecule has 108 valence electrons. The number of aliphatic imine (C=N–C) groups is 1. The van der Waals surface area contributed by atoms with Gasteiger partial charge in [0.05, 0.1) is 22.8 Å². The van der Waals surface area contributed by atoms with Crippen LogP contribution in [0.1, 0.15) is 12.5 Å². The van der Waals surface area contributed by atoms with E-state index in [9.17, 15) is 18.0 Å². The van der Waals surface area contributed by atoms with Gasteiger partial charge >= 0.3 is 6.18 Å². The molecule has 0 saturated carbocycles. The number of hydrogen-bond donors (Lipinski definition) is 2. The first-order valence-electron chi connectivity index (χ1n) is 5.76. The minimum Gasteiger partial charge on any atom is -0.361 e. The first-order valence-corrected chi connectivity index (χ1v) is 6.14. The molecule has 0 fully saturated rings. The second kappa shape index (κ2) is 5.32. The van der Waals surface area contributed by atoms with Crippen molar-refractivity contribution in [3.63, 3.8) is 0 Å². The number of rotatable bonds is 2. The predicted molar refractivity (Wildman–Crippen MR) is 70.0 cm³/mol. The summed E-state index contributed by atoms with van der Waals surface area (Å²) in [4.78, 5) is 15.8. The monoisotopic (exact) mass is 305 g/mol. The highest BCUT2D eigenvalue weighted by Gasteiger charge is 2.31. The summed E-state index contributed by atoms with van der Waals surface area (Å²) in [5.41, 5.74) is -0.984. The van der Waals surface area contributed by atoms with Crippen molar-refractivity contribution in [2.24, 2.45) is 4.99 Å². The molecule has 1 aliphatic rings. The molecule has 8 heteroatoms. The predicted octanol–water partition coefficient (Wildman–Crippen LogP) is 2.69. The van der Waals surface area contributed by atoms with E-state index in [4.69, 9.17) is 11.6 Å². The van der Waals surface area contributed by atoms with Gasteiger partial charge in [0.25, 0.3) is 5.91 Å². The second-order valence-electron chi connectivity index (χ2n) is 4.38. The van der Waals surface area contributed by atoms with E-state index >= 15 is 0 Å². The summed E-state index contributed by atoms with van der Waals surface area (Å²) in [6, 6.07) is 2.75. The Kier molecular flexibility index (Phi) is 3.89. The second-order valence-corrected chi connectivity index (χ2v) is 4.79. The number of amidine groups is 1. The van der Waals surface area contributed by atoms with Crippen LogP contribution in [-0.2, 0) is 11.0 Å². The highest BCUT2D eigenvalue weighted by atomic mass is 35.5. The summed E-state index contributed by atoms with van der Waals surface area (Å²) in [6.07, 6.45) is -4.50. The van der Waals surface area contributed by atoms with Crippen molar-refractivity contribution in [1.29, 1.82) is 0 Å². The lowest BCUT2D eigenvalue weighted by Gasteiger charge is -2.12. The van der Waals surface area contributed by atoms with E-state index < -0.39 is 17.6 Å². The molecule has 0 bridgehead atoms. The van der Waals surface area contributed by atoms with Gasteiger partial charge in [-0.15, -0.1) is 0 Å². The third-order valence-corrected chi connectivity index (χ3v) is 2.99. The first kappa shape index (κ1) is 14.6. The smallest absolute Gasteiger partial charge is 0.361 e. The Morgan fingerprint density at radius 3 is 2.75 bits per heavy atom. The van der Waals surface area contributed by atoms with Gasteiger partial charge in [0, 0.05) is 6.04 Å². The number of amides is 1. The third kappa shape index (κ3) is 3.22. The number of alkyl halides is 3. The van der Waals surface area contributed by atoms with Crippen molar-refractivity contribution < 1.29 is 18.0 Å². The summed E-state index contributed by atoms with van der Waals surface area (Å²) in [6.45, 7) is 2.28. The molecule has 0 aliphatic carbocycles. The highest BCUT2D eigenvalue weighted by Crippen LogP contribution is 2.33. The lowest BCUT2D eigenvalue weighted by molar-refractivity contribution is -0.137. The van der Waals surface area contributed by atoms with Crippen LogP contribution in [0.4, 0.5) is 18.9 Å². The number of nitrogens with zero attached hydrogens (tertiary/aromatic N) is 1. The Hall–Kier alpha value is -1.76. The van der Waals surface area contributed by atoms with Crippen molar-refractivity contribution in [2.75, 3.05) is 11.9 Å². The highest BCUT2D eigenvalue weighted by molar-refractivity contribution is 6.43. The van der Waals surface area contributed by atoms with E-state index in [1.54, 1.807) is 0 Å². The van der Waals surface area contributed by atoms with Crippen LogP contribution in [0, 0.1) is 0 Å². The summed E-state index contributed by atoms with van der Waals surface area (Å²) < 4.78 is 37.8. The Morgan fingerprint density at radius 1 is 1.50 bits per heavy atom. The van der Waals surface area contributed by atoms with Crippen molar-refractivity contribution in [3.05, 3.63) is 28.8 Å². The zero-order valence-electron chi connectivity index (χ0n) is 10.4. The van der Waals surface area contributed by atoms with Crippen LogP contribution in [-0.4, -0.2) is 24.3 Å². The number of carbonyl (C=O) groups excluding carboxylic acids is 1. The van der Waals surface area contributed by atoms with E-state index in [0.29, 0.717) is 6.54 Å². The van der Waals surface area contributed by atoms with Crippen molar-refractivity contribution in [3.8, 4) is 0 Å². The van der Waals surface area contributed by atoms with Gasteiger partial charge in [-0.2, -0.15) is 13.2 Å². The average Bonchev–Trinajstić information content (AvgIpc) is 2.77. The molecule has 1 atom stereocenters. The standard InChI is InChI=1S/C12H11ClF3N3O/c1-6-5-17-10(18-6)11(20)19-9-4-7(12(14,15)16)2-3-8(9)13/h2-4,6H,5H2,1H3,(H,17,18)(H,19,20). The minimum atomic E-state index is -4.50.